The van der Waals surface area contributed by atoms with E-state index in [0.29, 0.717) is 12.1 Å². The van der Waals surface area contributed by atoms with Crippen LogP contribution in [0.5, 0.6) is 0 Å². The molecule has 3 nitrogen and oxygen atoms in total. The minimum atomic E-state index is 0.491. The first-order valence-corrected chi connectivity index (χ1v) is 10.4. The molecule has 4 heteroatoms. The fraction of sp³-hybridized carbons (Fsp3) is 0.348. The normalized spacial score (nSPS) is 21.0. The molecule has 3 aromatic rings. The molecule has 0 amide bonds. The van der Waals surface area contributed by atoms with Crippen LogP contribution in [0.15, 0.2) is 59.2 Å². The van der Waals surface area contributed by atoms with Gasteiger partial charge in [-0.2, -0.15) is 0 Å². The number of halogens is 1. The Morgan fingerprint density at radius 1 is 1.00 bits per heavy atom. The molecule has 4 rings (SSSR count). The van der Waals surface area contributed by atoms with Crippen LogP contribution in [-0.2, 0) is 6.54 Å². The Hall–Kier alpha value is -1.91. The van der Waals surface area contributed by atoms with Gasteiger partial charge >= 0.3 is 0 Å². The molecule has 2 atom stereocenters. The molecule has 1 saturated heterocycles. The molecule has 2 heterocycles. The highest BCUT2D eigenvalue weighted by molar-refractivity contribution is 9.10. The van der Waals surface area contributed by atoms with Crippen LogP contribution in [-0.4, -0.2) is 35.1 Å². The second kappa shape index (κ2) is 7.61. The number of aromatic nitrogens is 1. The summed E-state index contributed by atoms with van der Waals surface area (Å²) >= 11 is 3.53. The fourth-order valence-corrected chi connectivity index (χ4v) is 4.50. The summed E-state index contributed by atoms with van der Waals surface area (Å²) in [6, 6.07) is 18.4. The van der Waals surface area contributed by atoms with Crippen molar-refractivity contribution in [3.8, 4) is 0 Å². The summed E-state index contributed by atoms with van der Waals surface area (Å²) < 4.78 is 1.14. The summed E-state index contributed by atoms with van der Waals surface area (Å²) in [6.07, 6.45) is 1.89. The first kappa shape index (κ1) is 18.5. The first-order valence-electron chi connectivity index (χ1n) is 9.62. The van der Waals surface area contributed by atoms with Crippen LogP contribution >= 0.6 is 15.9 Å². The molecule has 0 spiro atoms. The second-order valence-corrected chi connectivity index (χ2v) is 8.62. The van der Waals surface area contributed by atoms with Gasteiger partial charge in [0.15, 0.2) is 0 Å². The van der Waals surface area contributed by atoms with Gasteiger partial charge in [0.05, 0.1) is 5.52 Å². The average molecular weight is 424 g/mol. The molecular formula is C23H26BrN3. The largest absolute Gasteiger partial charge is 0.368 e. The summed E-state index contributed by atoms with van der Waals surface area (Å²) in [4.78, 5) is 9.77. The van der Waals surface area contributed by atoms with Crippen molar-refractivity contribution in [2.45, 2.75) is 39.4 Å². The number of anilines is 1. The van der Waals surface area contributed by atoms with Gasteiger partial charge in [-0.3, -0.25) is 9.88 Å². The number of aryl methyl sites for hydroxylation is 1. The molecular weight excluding hydrogens is 398 g/mol. The highest BCUT2D eigenvalue weighted by atomic mass is 79.9. The first-order chi connectivity index (χ1) is 13.0. The maximum Gasteiger partial charge on any atom is 0.0751 e. The van der Waals surface area contributed by atoms with Gasteiger partial charge in [-0.1, -0.05) is 34.1 Å². The fourth-order valence-electron chi connectivity index (χ4n) is 4.24. The number of piperazine rings is 1. The van der Waals surface area contributed by atoms with E-state index in [1.165, 1.54) is 22.2 Å². The monoisotopic (exact) mass is 423 g/mol. The van der Waals surface area contributed by atoms with Crippen molar-refractivity contribution in [1.82, 2.24) is 9.88 Å². The molecule has 0 N–H and O–H groups in total. The summed E-state index contributed by atoms with van der Waals surface area (Å²) in [6.45, 7) is 9.90. The Labute approximate surface area is 170 Å². The Bertz CT molecular complexity index is 926. The molecule has 1 aliphatic heterocycles. The third-order valence-electron chi connectivity index (χ3n) is 5.67. The van der Waals surface area contributed by atoms with Crippen LogP contribution in [0.1, 0.15) is 25.0 Å². The van der Waals surface area contributed by atoms with Gasteiger partial charge in [-0.15, -0.1) is 0 Å². The van der Waals surface area contributed by atoms with Gasteiger partial charge in [0, 0.05) is 53.5 Å². The van der Waals surface area contributed by atoms with E-state index in [1.807, 2.05) is 12.3 Å². The number of rotatable bonds is 3. The molecule has 1 fully saturated rings. The predicted octanol–water partition coefficient (Wildman–Crippen LogP) is 5.40. The van der Waals surface area contributed by atoms with E-state index < -0.39 is 0 Å². The predicted molar refractivity (Wildman–Crippen MR) is 117 cm³/mol. The molecule has 1 aliphatic rings. The molecule has 0 bridgehead atoms. The Kier molecular flexibility index (Phi) is 5.20. The lowest BCUT2D eigenvalue weighted by Gasteiger charge is -2.45. The van der Waals surface area contributed by atoms with Crippen molar-refractivity contribution in [2.75, 3.05) is 18.0 Å². The van der Waals surface area contributed by atoms with Crippen molar-refractivity contribution < 1.29 is 0 Å². The van der Waals surface area contributed by atoms with E-state index in [2.05, 4.69) is 93.9 Å². The van der Waals surface area contributed by atoms with Crippen molar-refractivity contribution in [3.05, 3.63) is 70.3 Å². The quantitative estimate of drug-likeness (QED) is 0.561. The van der Waals surface area contributed by atoms with Gasteiger partial charge in [-0.25, -0.2) is 0 Å². The van der Waals surface area contributed by atoms with Gasteiger partial charge in [0.25, 0.3) is 0 Å². The molecule has 0 aliphatic carbocycles. The lowest BCUT2D eigenvalue weighted by Crippen LogP contribution is -2.56. The Morgan fingerprint density at radius 3 is 2.41 bits per heavy atom. The van der Waals surface area contributed by atoms with Crippen molar-refractivity contribution in [3.63, 3.8) is 0 Å². The zero-order valence-electron chi connectivity index (χ0n) is 16.2. The minimum absolute atomic E-state index is 0.491. The molecule has 0 radical (unpaired) electrons. The third-order valence-corrected chi connectivity index (χ3v) is 6.20. The average Bonchev–Trinajstić information content (AvgIpc) is 2.66. The molecule has 27 heavy (non-hydrogen) atoms. The highest BCUT2D eigenvalue weighted by Gasteiger charge is 2.30. The zero-order chi connectivity index (χ0) is 19.0. The SMILES string of the molecule is Cc1ccc(N2CC(C)N(Cc3ccc(Br)cc3)C(C)C2)c2cccnc12. The van der Waals surface area contributed by atoms with Gasteiger partial charge in [0.1, 0.15) is 0 Å². The number of benzene rings is 2. The summed E-state index contributed by atoms with van der Waals surface area (Å²) in [7, 11) is 0. The van der Waals surface area contributed by atoms with Crippen molar-refractivity contribution in [1.29, 1.82) is 0 Å². The number of hydrogen-bond acceptors (Lipinski definition) is 3. The smallest absolute Gasteiger partial charge is 0.0751 e. The standard InChI is InChI=1S/C23H26BrN3/c1-16-6-11-22(21-5-4-12-25-23(16)21)26-13-17(2)27(18(3)14-26)15-19-7-9-20(24)10-8-19/h4-12,17-18H,13-15H2,1-3H3. The maximum absolute atomic E-state index is 4.61. The summed E-state index contributed by atoms with van der Waals surface area (Å²) in [5.41, 5.74) is 5.04. The topological polar surface area (TPSA) is 19.4 Å². The van der Waals surface area contributed by atoms with E-state index in [0.717, 1.165) is 29.6 Å². The third kappa shape index (κ3) is 3.74. The Balaban J connectivity index is 1.57. The number of nitrogens with zero attached hydrogens (tertiary/aromatic N) is 3. The molecule has 2 aromatic carbocycles. The molecule has 140 valence electrons. The number of pyridine rings is 1. The number of fused-ring (bicyclic) bond motifs is 1. The highest BCUT2D eigenvalue weighted by Crippen LogP contribution is 2.31. The lowest BCUT2D eigenvalue weighted by molar-refractivity contribution is 0.123. The molecule has 0 saturated carbocycles. The summed E-state index contributed by atoms with van der Waals surface area (Å²) in [5.74, 6) is 0. The maximum atomic E-state index is 4.61. The van der Waals surface area contributed by atoms with Gasteiger partial charge in [0.2, 0.25) is 0 Å². The molecule has 1 aromatic heterocycles. The van der Waals surface area contributed by atoms with Crippen molar-refractivity contribution in [2.24, 2.45) is 0 Å². The van der Waals surface area contributed by atoms with Gasteiger partial charge in [-0.05, 0) is 62.2 Å². The Morgan fingerprint density at radius 2 is 1.70 bits per heavy atom. The van der Waals surface area contributed by atoms with Crippen molar-refractivity contribution >= 4 is 32.5 Å². The van der Waals surface area contributed by atoms with E-state index >= 15 is 0 Å². The van der Waals surface area contributed by atoms with Crippen LogP contribution in [0.4, 0.5) is 5.69 Å². The minimum Gasteiger partial charge on any atom is -0.368 e. The number of hydrogen-bond donors (Lipinski definition) is 0. The zero-order valence-corrected chi connectivity index (χ0v) is 17.8. The van der Waals surface area contributed by atoms with Crippen LogP contribution in [0.3, 0.4) is 0 Å². The summed E-state index contributed by atoms with van der Waals surface area (Å²) in [5, 5.41) is 1.26. The van der Waals surface area contributed by atoms with E-state index in [9.17, 15) is 0 Å². The van der Waals surface area contributed by atoms with E-state index in [1.54, 1.807) is 0 Å². The van der Waals surface area contributed by atoms with E-state index in [-0.39, 0.29) is 0 Å². The lowest BCUT2D eigenvalue weighted by atomic mass is 10.0. The second-order valence-electron chi connectivity index (χ2n) is 7.70. The van der Waals surface area contributed by atoms with E-state index in [4.69, 9.17) is 0 Å². The van der Waals surface area contributed by atoms with Crippen LogP contribution < -0.4 is 4.90 Å². The van der Waals surface area contributed by atoms with Crippen LogP contribution in [0, 0.1) is 6.92 Å². The van der Waals surface area contributed by atoms with Crippen LogP contribution in [0.2, 0.25) is 0 Å². The van der Waals surface area contributed by atoms with Gasteiger partial charge < -0.3 is 4.90 Å². The van der Waals surface area contributed by atoms with Crippen LogP contribution in [0.25, 0.3) is 10.9 Å². The molecule has 2 unspecified atom stereocenters.